The molecule has 0 unspecified atom stereocenters. The predicted molar refractivity (Wildman–Crippen MR) is 28.0 cm³/mol. The number of hydrogen-bond acceptors (Lipinski definition) is 0. The molecule has 0 aromatic carbocycles. The molecular formula is CeI3-. The van der Waals surface area contributed by atoms with E-state index in [1.54, 1.807) is 0 Å². The van der Waals surface area contributed by atoms with Gasteiger partial charge in [0.15, 0.2) is 0 Å². The summed E-state index contributed by atoms with van der Waals surface area (Å²) in [5.74, 6) is 0. The largest absolute Gasteiger partial charge is 0 e. The van der Waals surface area contributed by atoms with Crippen LogP contribution < -0.4 is 13.3 Å². The van der Waals surface area contributed by atoms with Gasteiger partial charge in [-0.15, -0.1) is 0 Å². The molecular weight excluding hydrogens is 521 g/mol. The quantitative estimate of drug-likeness (QED) is 0.351. The molecule has 0 saturated carbocycles. The van der Waals surface area contributed by atoms with Crippen LogP contribution in [-0.4, -0.2) is 0 Å². The Bertz CT molecular complexity index is 3.25. The molecule has 0 aliphatic carbocycles. The van der Waals surface area contributed by atoms with E-state index in [2.05, 4.69) is 37.2 Å². The summed E-state index contributed by atoms with van der Waals surface area (Å²) in [4.78, 5) is 0. The average molecular weight is 521 g/mol. The molecule has 0 aromatic heterocycles. The van der Waals surface area contributed by atoms with Gasteiger partial charge in [-0.3, -0.25) is 0 Å². The van der Waals surface area contributed by atoms with E-state index in [1.807, 2.05) is 0 Å². The molecule has 4 heavy (non-hydrogen) atoms. The first-order valence-electron chi connectivity index (χ1n) is 0.286. The van der Waals surface area contributed by atoms with Gasteiger partial charge in [-0.05, 0) is 0 Å². The molecule has 0 bridgehead atoms. The Morgan fingerprint density at radius 2 is 1.25 bits per heavy atom. The van der Waals surface area contributed by atoms with Crippen molar-refractivity contribution < 1.29 is 55.0 Å². The molecule has 0 radical (unpaired) electrons. The van der Waals surface area contributed by atoms with Crippen LogP contribution in [0.2, 0.25) is 0 Å². The summed E-state index contributed by atoms with van der Waals surface area (Å²) < 4.78 is 0. The molecule has 0 aromatic rings. The van der Waals surface area contributed by atoms with Gasteiger partial charge in [-0.2, -0.15) is 0 Å². The van der Waals surface area contributed by atoms with Crippen LogP contribution in [-0.2, 0) is 0 Å². The minimum atomic E-state index is 0. The van der Waals surface area contributed by atoms with Gasteiger partial charge in [0.25, 0.3) is 0 Å². The third kappa shape index (κ3) is 9.13. The van der Waals surface area contributed by atoms with Crippen LogP contribution in [0.25, 0.3) is 0 Å². The summed E-state index contributed by atoms with van der Waals surface area (Å²) in [5, 5.41) is 0. The maximum atomic E-state index is 2.39. The van der Waals surface area contributed by atoms with Crippen molar-refractivity contribution in [2.75, 3.05) is 0 Å². The van der Waals surface area contributed by atoms with Crippen molar-refractivity contribution >= 4 is 37.2 Å². The van der Waals surface area contributed by atoms with Crippen LogP contribution in [0.5, 0.6) is 0 Å². The van der Waals surface area contributed by atoms with Gasteiger partial charge in [0, 0.05) is 41.7 Å². The third-order valence-corrected chi connectivity index (χ3v) is 0. The minimum Gasteiger partial charge on any atom is 0 e. The van der Waals surface area contributed by atoms with E-state index in [0.29, 0.717) is 13.3 Å². The van der Waals surface area contributed by atoms with Crippen molar-refractivity contribution in [3.8, 4) is 0 Å². The zero-order chi connectivity index (χ0) is 2.71. The number of rotatable bonds is 0. The monoisotopic (exact) mass is 521 g/mol. The normalized spacial score (nSPS) is 5.50. The molecule has 4 heteroatoms. The summed E-state index contributed by atoms with van der Waals surface area (Å²) in [5.41, 5.74) is 0. The van der Waals surface area contributed by atoms with Gasteiger partial charge in [0.05, 0.1) is 0 Å². The zero-order valence-corrected chi connectivity index (χ0v) is 11.2. The van der Waals surface area contributed by atoms with Gasteiger partial charge < -0.3 is 0 Å². The first-order chi connectivity index (χ1) is 1.41. The van der Waals surface area contributed by atoms with E-state index >= 15 is 0 Å². The van der Waals surface area contributed by atoms with Gasteiger partial charge in [-0.25, -0.2) is 0 Å². The maximum Gasteiger partial charge on any atom is 0 e. The standard InChI is InChI=1S/Ce.I3/c;1-3-2/q;-1. The van der Waals surface area contributed by atoms with E-state index in [4.69, 9.17) is 0 Å². The number of hydrogen-bond donors (Lipinski definition) is 0. The van der Waals surface area contributed by atoms with Crippen molar-refractivity contribution in [1.29, 1.82) is 0 Å². The first-order valence-corrected chi connectivity index (χ1v) is 12.9. The topological polar surface area (TPSA) is 0 Å². The smallest absolute Gasteiger partial charge is 0 e. The molecule has 0 amide bonds. The van der Waals surface area contributed by atoms with Crippen molar-refractivity contribution in [2.24, 2.45) is 0 Å². The van der Waals surface area contributed by atoms with E-state index in [1.165, 1.54) is 0 Å². The van der Waals surface area contributed by atoms with E-state index < -0.39 is 0 Å². The molecule has 0 rings (SSSR count). The van der Waals surface area contributed by atoms with Gasteiger partial charge in [0.1, 0.15) is 0 Å². The van der Waals surface area contributed by atoms with Crippen molar-refractivity contribution in [2.45, 2.75) is 0 Å². The molecule has 0 N–H and O–H groups in total. The second kappa shape index (κ2) is 9.76. The van der Waals surface area contributed by atoms with Crippen LogP contribution in [0.15, 0.2) is 0 Å². The second-order valence-corrected chi connectivity index (χ2v) is 16.3. The van der Waals surface area contributed by atoms with Crippen LogP contribution in [0.1, 0.15) is 0 Å². The Balaban J connectivity index is 0. The summed E-state index contributed by atoms with van der Waals surface area (Å²) >= 11 is 5.30. The first kappa shape index (κ1) is 10.5. The Hall–Kier alpha value is 3.57. The van der Waals surface area contributed by atoms with Crippen LogP contribution in [0, 0.1) is 41.7 Å². The molecule has 0 fully saturated rings. The molecule has 0 aliphatic rings. The molecule has 0 spiro atoms. The predicted octanol–water partition coefficient (Wildman–Crippen LogP) is -1.22. The van der Waals surface area contributed by atoms with Crippen molar-refractivity contribution in [3.05, 3.63) is 0 Å². The van der Waals surface area contributed by atoms with E-state index in [0.717, 1.165) is 0 Å². The van der Waals surface area contributed by atoms with Crippen LogP contribution in [0.3, 0.4) is 0 Å². The molecule has 26 valence electrons. The van der Waals surface area contributed by atoms with Crippen molar-refractivity contribution in [3.63, 3.8) is 0 Å². The molecule has 0 heterocycles. The summed E-state index contributed by atoms with van der Waals surface area (Å²) in [6.45, 7) is 0. The van der Waals surface area contributed by atoms with E-state index in [-0.39, 0.29) is 41.7 Å². The van der Waals surface area contributed by atoms with Crippen LogP contribution in [0.4, 0.5) is 0 Å². The van der Waals surface area contributed by atoms with Gasteiger partial charge in [-0.1, -0.05) is 0 Å². The Morgan fingerprint density at radius 1 is 1.25 bits per heavy atom. The summed E-state index contributed by atoms with van der Waals surface area (Å²) in [6, 6.07) is 0. The van der Waals surface area contributed by atoms with Gasteiger partial charge >= 0.3 is 50.5 Å². The van der Waals surface area contributed by atoms with Gasteiger partial charge in [0.2, 0.25) is 0 Å². The molecule has 0 atom stereocenters. The third-order valence-electron chi connectivity index (χ3n) is 0. The average Bonchev–Trinajstić information content (AvgIpc) is 0.918. The Morgan fingerprint density at radius 3 is 1.25 bits per heavy atom. The summed E-state index contributed by atoms with van der Waals surface area (Å²) in [7, 11) is 0. The Labute approximate surface area is 89.2 Å². The maximum absolute atomic E-state index is 2.39. The Kier molecular flexibility index (Phi) is 25.7. The fraction of sp³-hybridized carbons (Fsp3) is 0. The molecule has 0 nitrogen and oxygen atoms in total. The molecule has 0 saturated heterocycles. The second-order valence-electron chi connectivity index (χ2n) is 0.0540. The fourth-order valence-electron chi connectivity index (χ4n) is 0. The fourth-order valence-corrected chi connectivity index (χ4v) is 0. The van der Waals surface area contributed by atoms with Crippen molar-refractivity contribution in [1.82, 2.24) is 0 Å². The SMILES string of the molecule is I[I-]I.[Ce]. The minimum absolute atomic E-state index is 0. The van der Waals surface area contributed by atoms with Crippen LogP contribution >= 0.6 is 37.2 Å². The number of halogens is 3. The zero-order valence-electron chi connectivity index (χ0n) is 1.63. The van der Waals surface area contributed by atoms with E-state index in [9.17, 15) is 0 Å². The summed E-state index contributed by atoms with van der Waals surface area (Å²) in [6.07, 6.45) is 0. The molecule has 0 aliphatic heterocycles.